The van der Waals surface area contributed by atoms with E-state index in [0.717, 1.165) is 15.7 Å². The van der Waals surface area contributed by atoms with Gasteiger partial charge < -0.3 is 35.0 Å². The highest BCUT2D eigenvalue weighted by Gasteiger charge is 2.27. The molecule has 2 aromatic carbocycles. The summed E-state index contributed by atoms with van der Waals surface area (Å²) in [6.45, 7) is 2.50. The predicted octanol–water partition coefficient (Wildman–Crippen LogP) is -0.195. The number of nitrogens with zero attached hydrogens (tertiary/aromatic N) is 2. The van der Waals surface area contributed by atoms with Gasteiger partial charge in [-0.3, -0.25) is 9.59 Å². The van der Waals surface area contributed by atoms with Crippen LogP contribution in [0.2, 0.25) is 0 Å². The summed E-state index contributed by atoms with van der Waals surface area (Å²) in [5.41, 5.74) is 2.18. The van der Waals surface area contributed by atoms with E-state index in [1.54, 1.807) is 36.4 Å². The molecule has 0 radical (unpaired) electrons. The van der Waals surface area contributed by atoms with Crippen LogP contribution in [0.3, 0.4) is 0 Å². The molecule has 3 rings (SSSR count). The third-order valence-corrected chi connectivity index (χ3v) is 5.95. The van der Waals surface area contributed by atoms with Crippen molar-refractivity contribution in [1.82, 2.24) is 14.9 Å². The van der Waals surface area contributed by atoms with Crippen LogP contribution in [0, 0.1) is 13.8 Å². The molecule has 192 valence electrons. The van der Waals surface area contributed by atoms with E-state index in [2.05, 4.69) is 15.0 Å². The summed E-state index contributed by atoms with van der Waals surface area (Å²) in [4.78, 5) is 42.0. The molecule has 0 spiro atoms. The Morgan fingerprint density at radius 2 is 1.69 bits per heavy atom. The number of rotatable bonds is 9. The van der Waals surface area contributed by atoms with E-state index in [0.29, 0.717) is 22.2 Å². The maximum Gasteiger partial charge on any atom is 0.337 e. The molecule has 0 aliphatic heterocycles. The fraction of sp³-hybridized carbons (Fsp3) is 0.360. The SMILES string of the molecule is COC(=O)c1ccc(CNC(=O)c2nc3cc(C)c(C)cc3n(CC(O)C(O)C(O)CO)c2=O)cc1. The van der Waals surface area contributed by atoms with Crippen molar-refractivity contribution in [2.75, 3.05) is 13.7 Å². The Balaban J connectivity index is 1.94. The van der Waals surface area contributed by atoms with Gasteiger partial charge >= 0.3 is 5.97 Å². The van der Waals surface area contributed by atoms with Gasteiger partial charge in [-0.2, -0.15) is 0 Å². The number of fused-ring (bicyclic) bond motifs is 1. The molecule has 0 aliphatic carbocycles. The Bertz CT molecular complexity index is 1320. The van der Waals surface area contributed by atoms with E-state index < -0.39 is 54.6 Å². The van der Waals surface area contributed by atoms with Crippen LogP contribution >= 0.6 is 0 Å². The van der Waals surface area contributed by atoms with Crippen LogP contribution in [0.25, 0.3) is 11.0 Å². The molecule has 11 heteroatoms. The van der Waals surface area contributed by atoms with E-state index in [9.17, 15) is 29.7 Å². The number of aromatic nitrogens is 2. The molecule has 36 heavy (non-hydrogen) atoms. The second-order valence-corrected chi connectivity index (χ2v) is 8.48. The summed E-state index contributed by atoms with van der Waals surface area (Å²) in [6, 6.07) is 9.75. The lowest BCUT2D eigenvalue weighted by Crippen LogP contribution is -2.44. The highest BCUT2D eigenvalue weighted by atomic mass is 16.5. The number of aryl methyl sites for hydroxylation is 2. The average Bonchev–Trinajstić information content (AvgIpc) is 2.88. The van der Waals surface area contributed by atoms with Crippen LogP contribution in [0.1, 0.15) is 37.5 Å². The number of hydrogen-bond acceptors (Lipinski definition) is 9. The van der Waals surface area contributed by atoms with Crippen LogP contribution in [0.4, 0.5) is 0 Å². The summed E-state index contributed by atoms with van der Waals surface area (Å²) < 4.78 is 5.77. The number of benzene rings is 2. The first kappa shape index (κ1) is 27.0. The van der Waals surface area contributed by atoms with Gasteiger partial charge in [-0.15, -0.1) is 0 Å². The maximum absolute atomic E-state index is 13.3. The second-order valence-electron chi connectivity index (χ2n) is 8.48. The summed E-state index contributed by atoms with van der Waals surface area (Å²) in [5, 5.41) is 41.8. The van der Waals surface area contributed by atoms with Gasteiger partial charge in [0.05, 0.1) is 36.9 Å². The fourth-order valence-electron chi connectivity index (χ4n) is 3.63. The molecule has 3 aromatic rings. The first-order valence-electron chi connectivity index (χ1n) is 11.2. The lowest BCUT2D eigenvalue weighted by molar-refractivity contribution is -0.0805. The molecule has 1 aromatic heterocycles. The fourth-order valence-corrected chi connectivity index (χ4v) is 3.63. The van der Waals surface area contributed by atoms with Crippen molar-refractivity contribution in [2.24, 2.45) is 0 Å². The number of esters is 1. The topological polar surface area (TPSA) is 171 Å². The van der Waals surface area contributed by atoms with Gasteiger partial charge in [0.25, 0.3) is 11.5 Å². The van der Waals surface area contributed by atoms with Crippen LogP contribution in [0.15, 0.2) is 41.2 Å². The highest BCUT2D eigenvalue weighted by molar-refractivity contribution is 5.94. The first-order chi connectivity index (χ1) is 17.1. The zero-order chi connectivity index (χ0) is 26.6. The second kappa shape index (κ2) is 11.4. The Hall–Kier alpha value is -3.64. The number of nitrogens with one attached hydrogen (secondary N) is 1. The van der Waals surface area contributed by atoms with Crippen LogP contribution in [0.5, 0.6) is 0 Å². The van der Waals surface area contributed by atoms with Crippen molar-refractivity contribution in [3.63, 3.8) is 0 Å². The van der Waals surface area contributed by atoms with E-state index in [4.69, 9.17) is 5.11 Å². The minimum atomic E-state index is -1.72. The van der Waals surface area contributed by atoms with Crippen molar-refractivity contribution in [2.45, 2.75) is 45.2 Å². The van der Waals surface area contributed by atoms with E-state index in [1.165, 1.54) is 7.11 Å². The van der Waals surface area contributed by atoms with Crippen LogP contribution < -0.4 is 10.9 Å². The molecule has 1 amide bonds. The summed E-state index contributed by atoms with van der Waals surface area (Å²) in [7, 11) is 1.27. The number of amides is 1. The molecule has 0 bridgehead atoms. The molecule has 3 atom stereocenters. The lowest BCUT2D eigenvalue weighted by Gasteiger charge is -2.23. The number of aliphatic hydroxyl groups is 4. The van der Waals surface area contributed by atoms with Gasteiger partial charge in [0, 0.05) is 6.54 Å². The summed E-state index contributed by atoms with van der Waals surface area (Å²) >= 11 is 0. The molecule has 0 aliphatic rings. The van der Waals surface area contributed by atoms with E-state index >= 15 is 0 Å². The van der Waals surface area contributed by atoms with E-state index in [1.807, 2.05) is 13.8 Å². The van der Waals surface area contributed by atoms with Crippen molar-refractivity contribution < 1.29 is 34.8 Å². The zero-order valence-electron chi connectivity index (χ0n) is 20.1. The molecule has 0 saturated heterocycles. The lowest BCUT2D eigenvalue weighted by atomic mass is 10.1. The number of hydrogen-bond donors (Lipinski definition) is 5. The quantitative estimate of drug-likeness (QED) is 0.250. The zero-order valence-corrected chi connectivity index (χ0v) is 20.1. The normalized spacial score (nSPS) is 13.8. The maximum atomic E-state index is 13.3. The molecule has 3 unspecified atom stereocenters. The number of aliphatic hydroxyl groups excluding tert-OH is 4. The van der Waals surface area contributed by atoms with Crippen molar-refractivity contribution in [3.05, 3.63) is 74.7 Å². The van der Waals surface area contributed by atoms with Gasteiger partial charge in [-0.05, 0) is 54.8 Å². The van der Waals surface area contributed by atoms with Crippen molar-refractivity contribution >= 4 is 22.9 Å². The third kappa shape index (κ3) is 5.77. The molecule has 0 saturated carbocycles. The molecule has 0 fully saturated rings. The minimum absolute atomic E-state index is 0.0520. The van der Waals surface area contributed by atoms with Crippen LogP contribution in [-0.4, -0.2) is 73.9 Å². The Kier molecular flexibility index (Phi) is 8.53. The van der Waals surface area contributed by atoms with Crippen molar-refractivity contribution in [1.29, 1.82) is 0 Å². The summed E-state index contributed by atoms with van der Waals surface area (Å²) in [6.07, 6.45) is -4.94. The number of ether oxygens (including phenoxy) is 1. The van der Waals surface area contributed by atoms with Gasteiger partial charge in [-0.1, -0.05) is 12.1 Å². The number of carbonyl (C=O) groups is 2. The molecule has 5 N–H and O–H groups in total. The molecular formula is C25H29N3O8. The van der Waals surface area contributed by atoms with Gasteiger partial charge in [0.15, 0.2) is 5.69 Å². The highest BCUT2D eigenvalue weighted by Crippen LogP contribution is 2.18. The Morgan fingerprint density at radius 1 is 1.06 bits per heavy atom. The third-order valence-electron chi connectivity index (χ3n) is 5.95. The predicted molar refractivity (Wildman–Crippen MR) is 130 cm³/mol. The standard InChI is InChI=1S/C25H29N3O8/c1-13-8-17-18(9-14(13)2)28(11-19(30)22(32)20(31)12-29)24(34)21(27-17)23(33)26-10-15-4-6-16(7-5-15)25(35)36-3/h4-9,19-20,22,29-32H,10-12H2,1-3H3,(H,26,33). The number of carbonyl (C=O) groups excluding carboxylic acids is 2. The van der Waals surface area contributed by atoms with E-state index in [-0.39, 0.29) is 6.54 Å². The monoisotopic (exact) mass is 499 g/mol. The number of methoxy groups -OCH3 is 1. The van der Waals surface area contributed by atoms with Crippen LogP contribution in [-0.2, 0) is 17.8 Å². The molecule has 1 heterocycles. The summed E-state index contributed by atoms with van der Waals surface area (Å²) in [5.74, 6) is -1.24. The molecular weight excluding hydrogens is 470 g/mol. The Morgan fingerprint density at radius 3 is 2.31 bits per heavy atom. The first-order valence-corrected chi connectivity index (χ1v) is 11.2. The largest absolute Gasteiger partial charge is 0.465 e. The molecule has 11 nitrogen and oxygen atoms in total. The van der Waals surface area contributed by atoms with Crippen molar-refractivity contribution in [3.8, 4) is 0 Å². The average molecular weight is 500 g/mol. The minimum Gasteiger partial charge on any atom is -0.465 e. The Labute approximate surface area is 206 Å². The van der Waals surface area contributed by atoms with Gasteiger partial charge in [0.2, 0.25) is 0 Å². The van der Waals surface area contributed by atoms with Gasteiger partial charge in [0.1, 0.15) is 18.3 Å². The smallest absolute Gasteiger partial charge is 0.337 e. The van der Waals surface area contributed by atoms with Gasteiger partial charge in [-0.25, -0.2) is 9.78 Å².